The molecule has 0 radical (unpaired) electrons. The van der Waals surface area contributed by atoms with Gasteiger partial charge in [0.15, 0.2) is 5.78 Å². The Bertz CT molecular complexity index is 611. The predicted molar refractivity (Wildman–Crippen MR) is 79.0 cm³/mol. The van der Waals surface area contributed by atoms with Gasteiger partial charge in [0.05, 0.1) is 19.4 Å². The molecule has 0 aliphatic carbocycles. The third-order valence-corrected chi connectivity index (χ3v) is 3.92. The first-order chi connectivity index (χ1) is 10.4. The molecule has 1 aliphatic rings. The molecular formula is C16H19NO5. The number of carboxylic acid groups (broad SMARTS) is 1. The third-order valence-electron chi connectivity index (χ3n) is 3.92. The van der Waals surface area contributed by atoms with E-state index in [1.165, 1.54) is 14.0 Å². The number of hydrogen-bond acceptors (Lipinski definition) is 4. The number of carboxylic acids is 1. The van der Waals surface area contributed by atoms with Gasteiger partial charge in [-0.2, -0.15) is 0 Å². The van der Waals surface area contributed by atoms with E-state index in [1.807, 2.05) is 0 Å². The summed E-state index contributed by atoms with van der Waals surface area (Å²) in [6.45, 7) is 2.15. The molecule has 2 rings (SSSR count). The van der Waals surface area contributed by atoms with E-state index in [2.05, 4.69) is 0 Å². The minimum absolute atomic E-state index is 0.0801. The van der Waals surface area contributed by atoms with Crippen LogP contribution in [0.15, 0.2) is 18.2 Å². The summed E-state index contributed by atoms with van der Waals surface area (Å²) in [6.07, 6.45) is 0.572. The average Bonchev–Trinajstić information content (AvgIpc) is 2.97. The van der Waals surface area contributed by atoms with Crippen molar-refractivity contribution in [1.82, 2.24) is 4.90 Å². The van der Waals surface area contributed by atoms with E-state index in [1.54, 1.807) is 23.1 Å². The van der Waals surface area contributed by atoms with E-state index in [9.17, 15) is 14.4 Å². The smallest absolute Gasteiger partial charge is 0.308 e. The summed E-state index contributed by atoms with van der Waals surface area (Å²) < 4.78 is 5.23. The van der Waals surface area contributed by atoms with Gasteiger partial charge in [0.2, 0.25) is 5.91 Å². The van der Waals surface area contributed by atoms with Crippen LogP contribution in [0.1, 0.15) is 29.3 Å². The van der Waals surface area contributed by atoms with Gasteiger partial charge in [-0.1, -0.05) is 0 Å². The Morgan fingerprint density at radius 1 is 1.36 bits per heavy atom. The Morgan fingerprint density at radius 3 is 2.64 bits per heavy atom. The number of methoxy groups -OCH3 is 1. The largest absolute Gasteiger partial charge is 0.496 e. The summed E-state index contributed by atoms with van der Waals surface area (Å²) in [5, 5.41) is 8.99. The lowest BCUT2D eigenvalue weighted by atomic mass is 10.0. The van der Waals surface area contributed by atoms with Crippen molar-refractivity contribution < 1.29 is 24.2 Å². The van der Waals surface area contributed by atoms with Crippen LogP contribution < -0.4 is 4.74 Å². The summed E-state index contributed by atoms with van der Waals surface area (Å²) in [7, 11) is 1.51. The van der Waals surface area contributed by atoms with Crippen molar-refractivity contribution in [3.8, 4) is 5.75 Å². The second-order valence-corrected chi connectivity index (χ2v) is 5.42. The summed E-state index contributed by atoms with van der Waals surface area (Å²) >= 11 is 0. The highest BCUT2D eigenvalue weighted by Crippen LogP contribution is 2.23. The molecule has 1 aromatic rings. The molecule has 1 unspecified atom stereocenters. The molecule has 1 aliphatic heterocycles. The number of aliphatic carboxylic acids is 1. The minimum atomic E-state index is -0.869. The Kier molecular flexibility index (Phi) is 4.80. The highest BCUT2D eigenvalue weighted by atomic mass is 16.5. The van der Waals surface area contributed by atoms with Crippen molar-refractivity contribution in [3.63, 3.8) is 0 Å². The number of carbonyl (C=O) groups excluding carboxylic acids is 2. The maximum Gasteiger partial charge on any atom is 0.308 e. The fraction of sp³-hybridized carbons (Fsp3) is 0.438. The first-order valence-electron chi connectivity index (χ1n) is 7.10. The van der Waals surface area contributed by atoms with E-state index in [4.69, 9.17) is 9.84 Å². The zero-order valence-electron chi connectivity index (χ0n) is 12.7. The number of likely N-dealkylation sites (tertiary alicyclic amines) is 1. The standard InChI is InChI=1S/C16H19NO5/c1-10(18)11-3-4-14(22-2)13(7-11)8-15(19)17-6-5-12(9-17)16(20)21/h3-4,7,12H,5-6,8-9H2,1-2H3,(H,20,21). The van der Waals surface area contributed by atoms with Crippen molar-refractivity contribution in [2.24, 2.45) is 5.92 Å². The number of nitrogens with zero attached hydrogens (tertiary/aromatic N) is 1. The van der Waals surface area contributed by atoms with Crippen LogP contribution in [-0.4, -0.2) is 47.9 Å². The predicted octanol–water partition coefficient (Wildman–Crippen LogP) is 1.37. The second-order valence-electron chi connectivity index (χ2n) is 5.42. The molecule has 1 fully saturated rings. The average molecular weight is 305 g/mol. The zero-order valence-corrected chi connectivity index (χ0v) is 12.7. The Morgan fingerprint density at radius 2 is 2.09 bits per heavy atom. The molecule has 6 heteroatoms. The van der Waals surface area contributed by atoms with Crippen LogP contribution in [0.2, 0.25) is 0 Å². The maximum atomic E-state index is 12.3. The van der Waals surface area contributed by atoms with Crippen molar-refractivity contribution in [2.75, 3.05) is 20.2 Å². The molecule has 22 heavy (non-hydrogen) atoms. The number of ether oxygens (including phenoxy) is 1. The van der Waals surface area contributed by atoms with Crippen LogP contribution in [-0.2, 0) is 16.0 Å². The molecule has 0 saturated carbocycles. The van der Waals surface area contributed by atoms with Crippen molar-refractivity contribution in [1.29, 1.82) is 0 Å². The molecular weight excluding hydrogens is 286 g/mol. The summed E-state index contributed by atoms with van der Waals surface area (Å²) in [6, 6.07) is 4.98. The molecule has 0 bridgehead atoms. The normalized spacial score (nSPS) is 17.4. The third kappa shape index (κ3) is 3.44. The van der Waals surface area contributed by atoms with E-state index < -0.39 is 11.9 Å². The van der Waals surface area contributed by atoms with E-state index >= 15 is 0 Å². The number of Topliss-reactive ketones (excluding diaryl/α,β-unsaturated/α-hetero) is 1. The maximum absolute atomic E-state index is 12.3. The fourth-order valence-corrected chi connectivity index (χ4v) is 2.60. The van der Waals surface area contributed by atoms with Crippen molar-refractivity contribution in [2.45, 2.75) is 19.8 Å². The lowest BCUT2D eigenvalue weighted by Crippen LogP contribution is -2.31. The lowest BCUT2D eigenvalue weighted by molar-refractivity contribution is -0.141. The Balaban J connectivity index is 2.12. The first-order valence-corrected chi connectivity index (χ1v) is 7.10. The molecule has 1 saturated heterocycles. The van der Waals surface area contributed by atoms with Gasteiger partial charge in [-0.15, -0.1) is 0 Å². The van der Waals surface area contributed by atoms with Gasteiger partial charge in [0.25, 0.3) is 0 Å². The Hall–Kier alpha value is -2.37. The summed E-state index contributed by atoms with van der Waals surface area (Å²) in [5.41, 5.74) is 1.16. The quantitative estimate of drug-likeness (QED) is 0.831. The summed E-state index contributed by atoms with van der Waals surface area (Å²) in [4.78, 5) is 36.3. The van der Waals surface area contributed by atoms with Gasteiger partial charge in [-0.25, -0.2) is 0 Å². The van der Waals surface area contributed by atoms with Crippen molar-refractivity contribution >= 4 is 17.7 Å². The lowest BCUT2D eigenvalue weighted by Gasteiger charge is -2.17. The molecule has 0 aromatic heterocycles. The highest BCUT2D eigenvalue weighted by Gasteiger charge is 2.31. The van der Waals surface area contributed by atoms with E-state index in [0.717, 1.165) is 0 Å². The molecule has 1 aromatic carbocycles. The minimum Gasteiger partial charge on any atom is -0.496 e. The van der Waals surface area contributed by atoms with Gasteiger partial charge in [0.1, 0.15) is 5.75 Å². The van der Waals surface area contributed by atoms with Crippen LogP contribution in [0.5, 0.6) is 5.75 Å². The highest BCUT2D eigenvalue weighted by molar-refractivity contribution is 5.94. The van der Waals surface area contributed by atoms with Gasteiger partial charge in [-0.05, 0) is 31.5 Å². The monoisotopic (exact) mass is 305 g/mol. The molecule has 6 nitrogen and oxygen atoms in total. The molecule has 118 valence electrons. The number of amides is 1. The van der Waals surface area contributed by atoms with Crippen LogP contribution in [0.4, 0.5) is 0 Å². The SMILES string of the molecule is COc1ccc(C(C)=O)cc1CC(=O)N1CCC(C(=O)O)C1. The molecule has 1 N–H and O–H groups in total. The van der Waals surface area contributed by atoms with Crippen LogP contribution >= 0.6 is 0 Å². The fourth-order valence-electron chi connectivity index (χ4n) is 2.60. The topological polar surface area (TPSA) is 83.9 Å². The Labute approximate surface area is 128 Å². The number of carbonyl (C=O) groups is 3. The number of benzene rings is 1. The number of ketones is 1. The second kappa shape index (κ2) is 6.60. The first kappa shape index (κ1) is 16.0. The summed E-state index contributed by atoms with van der Waals surface area (Å²) in [5.74, 6) is -1.04. The van der Waals surface area contributed by atoms with Gasteiger partial charge >= 0.3 is 5.97 Å². The van der Waals surface area contributed by atoms with Crippen LogP contribution in [0.25, 0.3) is 0 Å². The molecule has 0 spiro atoms. The van der Waals surface area contributed by atoms with E-state index in [0.29, 0.717) is 29.8 Å². The van der Waals surface area contributed by atoms with Gasteiger partial charge < -0.3 is 14.7 Å². The van der Waals surface area contributed by atoms with Crippen LogP contribution in [0, 0.1) is 5.92 Å². The van der Waals surface area contributed by atoms with Gasteiger partial charge in [0, 0.05) is 24.2 Å². The van der Waals surface area contributed by atoms with E-state index in [-0.39, 0.29) is 24.7 Å². The molecule has 1 atom stereocenters. The van der Waals surface area contributed by atoms with Crippen LogP contribution in [0.3, 0.4) is 0 Å². The number of hydrogen-bond donors (Lipinski definition) is 1. The van der Waals surface area contributed by atoms with Crippen molar-refractivity contribution in [3.05, 3.63) is 29.3 Å². The number of rotatable bonds is 5. The zero-order chi connectivity index (χ0) is 16.3. The molecule has 1 heterocycles. The van der Waals surface area contributed by atoms with Gasteiger partial charge in [-0.3, -0.25) is 14.4 Å². The molecule has 1 amide bonds.